The van der Waals surface area contributed by atoms with E-state index in [4.69, 9.17) is 0 Å². The third-order valence-corrected chi connectivity index (χ3v) is 4.80. The van der Waals surface area contributed by atoms with E-state index in [2.05, 4.69) is 11.8 Å². The molecule has 1 unspecified atom stereocenters. The second-order valence-electron chi connectivity index (χ2n) is 6.64. The Kier molecular flexibility index (Phi) is 4.87. The van der Waals surface area contributed by atoms with Crippen molar-refractivity contribution in [2.24, 2.45) is 11.3 Å². The maximum atomic E-state index is 9.44. The van der Waals surface area contributed by atoms with Gasteiger partial charge in [0.25, 0.3) is 0 Å². The molecule has 2 aliphatic rings. The Morgan fingerprint density at radius 2 is 2.00 bits per heavy atom. The number of rotatable bonds is 5. The summed E-state index contributed by atoms with van der Waals surface area (Å²) in [6.07, 6.45) is 11.2. The summed E-state index contributed by atoms with van der Waals surface area (Å²) in [5.74, 6) is 1.03. The van der Waals surface area contributed by atoms with Gasteiger partial charge in [0.05, 0.1) is 0 Å². The summed E-state index contributed by atoms with van der Waals surface area (Å²) in [5.41, 5.74) is 0.172. The van der Waals surface area contributed by atoms with E-state index in [-0.39, 0.29) is 5.41 Å². The highest BCUT2D eigenvalue weighted by Crippen LogP contribution is 2.31. The van der Waals surface area contributed by atoms with Gasteiger partial charge in [0, 0.05) is 18.6 Å². The van der Waals surface area contributed by atoms with Gasteiger partial charge >= 0.3 is 0 Å². The van der Waals surface area contributed by atoms with Gasteiger partial charge < -0.3 is 10.0 Å². The first kappa shape index (κ1) is 13.4. The van der Waals surface area contributed by atoms with E-state index in [1.165, 1.54) is 64.5 Å². The molecule has 0 aromatic carbocycles. The van der Waals surface area contributed by atoms with Crippen LogP contribution >= 0.6 is 0 Å². The molecule has 1 saturated carbocycles. The zero-order chi connectivity index (χ0) is 12.1. The number of aliphatic hydroxyl groups is 1. The Morgan fingerprint density at radius 1 is 1.24 bits per heavy atom. The second kappa shape index (κ2) is 6.19. The largest absolute Gasteiger partial charge is 0.396 e. The Bertz CT molecular complexity index is 225. The van der Waals surface area contributed by atoms with Crippen LogP contribution in [0.4, 0.5) is 0 Å². The van der Waals surface area contributed by atoms with E-state index in [9.17, 15) is 5.11 Å². The van der Waals surface area contributed by atoms with E-state index >= 15 is 0 Å². The standard InChI is InChI=1S/C15H29NO/c1-15(13-17)9-5-11-16(12-15)10-4-8-14-6-2-3-7-14/h14,17H,2-13H2,1H3. The lowest BCUT2D eigenvalue weighted by Crippen LogP contribution is -2.43. The zero-order valence-corrected chi connectivity index (χ0v) is 11.5. The SMILES string of the molecule is CC1(CO)CCCN(CCCC2CCCC2)C1. The molecule has 2 fully saturated rings. The van der Waals surface area contributed by atoms with Crippen LogP contribution in [0.5, 0.6) is 0 Å². The Morgan fingerprint density at radius 3 is 2.71 bits per heavy atom. The number of hydrogen-bond donors (Lipinski definition) is 1. The van der Waals surface area contributed by atoms with E-state index in [1.807, 2.05) is 0 Å². The van der Waals surface area contributed by atoms with Gasteiger partial charge in [-0.3, -0.25) is 0 Å². The summed E-state index contributed by atoms with van der Waals surface area (Å²) in [6.45, 7) is 6.20. The molecule has 0 aromatic rings. The molecule has 0 spiro atoms. The lowest BCUT2D eigenvalue weighted by atomic mass is 9.82. The summed E-state index contributed by atoms with van der Waals surface area (Å²) >= 11 is 0. The van der Waals surface area contributed by atoms with E-state index in [1.54, 1.807) is 0 Å². The molecule has 1 N–H and O–H groups in total. The lowest BCUT2D eigenvalue weighted by molar-refractivity contribution is 0.0454. The van der Waals surface area contributed by atoms with Gasteiger partial charge in [-0.2, -0.15) is 0 Å². The maximum absolute atomic E-state index is 9.44. The Hall–Kier alpha value is -0.0800. The van der Waals surface area contributed by atoms with Crippen LogP contribution < -0.4 is 0 Å². The molecule has 1 saturated heterocycles. The molecule has 0 aromatic heterocycles. The predicted molar refractivity (Wildman–Crippen MR) is 72.1 cm³/mol. The molecule has 100 valence electrons. The molecule has 0 amide bonds. The van der Waals surface area contributed by atoms with Gasteiger partial charge in [0.15, 0.2) is 0 Å². The van der Waals surface area contributed by atoms with Crippen molar-refractivity contribution in [2.75, 3.05) is 26.2 Å². The highest BCUT2D eigenvalue weighted by Gasteiger charge is 2.29. The van der Waals surface area contributed by atoms with Crippen LogP contribution in [-0.4, -0.2) is 36.2 Å². The van der Waals surface area contributed by atoms with Gasteiger partial charge in [0.1, 0.15) is 0 Å². The summed E-state index contributed by atoms with van der Waals surface area (Å²) in [4.78, 5) is 2.58. The van der Waals surface area contributed by atoms with Gasteiger partial charge in [0.2, 0.25) is 0 Å². The maximum Gasteiger partial charge on any atom is 0.0497 e. The Balaban J connectivity index is 1.64. The minimum absolute atomic E-state index is 0.172. The smallest absolute Gasteiger partial charge is 0.0497 e. The topological polar surface area (TPSA) is 23.5 Å². The molecule has 17 heavy (non-hydrogen) atoms. The molecule has 2 nitrogen and oxygen atoms in total. The zero-order valence-electron chi connectivity index (χ0n) is 11.5. The van der Waals surface area contributed by atoms with Crippen molar-refractivity contribution in [1.82, 2.24) is 4.90 Å². The second-order valence-corrected chi connectivity index (χ2v) is 6.64. The minimum Gasteiger partial charge on any atom is -0.396 e. The number of piperidine rings is 1. The highest BCUT2D eigenvalue weighted by molar-refractivity contribution is 4.83. The summed E-state index contributed by atoms with van der Waals surface area (Å²) < 4.78 is 0. The molecular formula is C15H29NO. The van der Waals surface area contributed by atoms with Crippen LogP contribution in [0.15, 0.2) is 0 Å². The van der Waals surface area contributed by atoms with Crippen LogP contribution in [0.25, 0.3) is 0 Å². The van der Waals surface area contributed by atoms with E-state index in [0.717, 1.165) is 12.5 Å². The molecule has 1 aliphatic carbocycles. The monoisotopic (exact) mass is 239 g/mol. The molecule has 1 atom stereocenters. The van der Waals surface area contributed by atoms with Crippen LogP contribution in [0, 0.1) is 11.3 Å². The van der Waals surface area contributed by atoms with E-state index in [0.29, 0.717) is 6.61 Å². The van der Waals surface area contributed by atoms with Crippen molar-refractivity contribution in [2.45, 2.75) is 58.3 Å². The third kappa shape index (κ3) is 3.96. The molecule has 1 aliphatic heterocycles. The molecule has 2 heteroatoms. The fourth-order valence-electron chi connectivity index (χ4n) is 3.65. The van der Waals surface area contributed by atoms with E-state index < -0.39 is 0 Å². The van der Waals surface area contributed by atoms with Gasteiger partial charge in [-0.05, 0) is 44.7 Å². The average molecular weight is 239 g/mol. The fraction of sp³-hybridized carbons (Fsp3) is 1.00. The summed E-state index contributed by atoms with van der Waals surface area (Å²) in [5, 5.41) is 9.44. The number of nitrogens with zero attached hydrogens (tertiary/aromatic N) is 1. The van der Waals surface area contributed by atoms with Crippen LogP contribution in [-0.2, 0) is 0 Å². The third-order valence-electron chi connectivity index (χ3n) is 4.80. The summed E-state index contributed by atoms with van der Waals surface area (Å²) in [7, 11) is 0. The van der Waals surface area contributed by atoms with Gasteiger partial charge in [-0.1, -0.05) is 32.6 Å². The van der Waals surface area contributed by atoms with Crippen molar-refractivity contribution in [3.05, 3.63) is 0 Å². The first-order valence-corrected chi connectivity index (χ1v) is 7.55. The molecule has 0 bridgehead atoms. The first-order chi connectivity index (χ1) is 8.22. The highest BCUT2D eigenvalue weighted by atomic mass is 16.3. The number of likely N-dealkylation sites (tertiary alicyclic amines) is 1. The van der Waals surface area contributed by atoms with Gasteiger partial charge in [-0.15, -0.1) is 0 Å². The van der Waals surface area contributed by atoms with Crippen molar-refractivity contribution in [3.8, 4) is 0 Å². The molecule has 1 heterocycles. The molecule has 0 radical (unpaired) electrons. The normalized spacial score (nSPS) is 32.1. The Labute approximate surface area is 106 Å². The predicted octanol–water partition coefficient (Wildman–Crippen LogP) is 3.05. The van der Waals surface area contributed by atoms with Crippen LogP contribution in [0.1, 0.15) is 58.3 Å². The minimum atomic E-state index is 0.172. The first-order valence-electron chi connectivity index (χ1n) is 7.55. The average Bonchev–Trinajstić information content (AvgIpc) is 2.82. The van der Waals surface area contributed by atoms with Gasteiger partial charge in [-0.25, -0.2) is 0 Å². The lowest BCUT2D eigenvalue weighted by Gasteiger charge is -2.39. The van der Waals surface area contributed by atoms with Crippen molar-refractivity contribution in [1.29, 1.82) is 0 Å². The molecular weight excluding hydrogens is 210 g/mol. The number of hydrogen-bond acceptors (Lipinski definition) is 2. The quantitative estimate of drug-likeness (QED) is 0.797. The van der Waals surface area contributed by atoms with Crippen LogP contribution in [0.3, 0.4) is 0 Å². The van der Waals surface area contributed by atoms with Crippen molar-refractivity contribution >= 4 is 0 Å². The number of aliphatic hydroxyl groups excluding tert-OH is 1. The van der Waals surface area contributed by atoms with Crippen molar-refractivity contribution < 1.29 is 5.11 Å². The fourth-order valence-corrected chi connectivity index (χ4v) is 3.65. The van der Waals surface area contributed by atoms with Crippen molar-refractivity contribution in [3.63, 3.8) is 0 Å². The molecule has 2 rings (SSSR count). The van der Waals surface area contributed by atoms with Crippen LogP contribution in [0.2, 0.25) is 0 Å². The summed E-state index contributed by atoms with van der Waals surface area (Å²) in [6, 6.07) is 0.